The Morgan fingerprint density at radius 2 is 1.06 bits per heavy atom. The Bertz CT molecular complexity index is 1420. The quantitative estimate of drug-likeness (QED) is 0.106. The predicted octanol–water partition coefficient (Wildman–Crippen LogP) is 8.87. The van der Waals surface area contributed by atoms with Gasteiger partial charge in [0.15, 0.2) is 11.6 Å². The Labute approximate surface area is 389 Å². The number of benzene rings is 2. The number of Topliss-reactive ketones (excluding diaryl/α,β-unsaturated/α-hetero) is 2. The van der Waals surface area contributed by atoms with Crippen molar-refractivity contribution < 1.29 is 43.0 Å². The zero-order valence-electron chi connectivity index (χ0n) is 32.0. The van der Waals surface area contributed by atoms with Gasteiger partial charge in [0.25, 0.3) is 0 Å². The van der Waals surface area contributed by atoms with E-state index in [0.717, 1.165) is 11.1 Å². The van der Waals surface area contributed by atoms with Crippen molar-refractivity contribution in [3.63, 3.8) is 0 Å². The van der Waals surface area contributed by atoms with E-state index >= 15 is 0 Å². The number of ether oxygens (including phenoxy) is 2. The van der Waals surface area contributed by atoms with Gasteiger partial charge < -0.3 is 25.8 Å². The van der Waals surface area contributed by atoms with Gasteiger partial charge in [0.2, 0.25) is 11.8 Å². The molecule has 2 heterocycles. The van der Waals surface area contributed by atoms with Crippen LogP contribution in [0.2, 0.25) is 0 Å². The molecule has 2 amide bonds. The molecule has 303 valence electrons. The van der Waals surface area contributed by atoms with E-state index in [2.05, 4.69) is 124 Å². The third kappa shape index (κ3) is 22.1. The Balaban J connectivity index is 0.000000461. The molecule has 0 spiro atoms. The number of halogens is 5. The van der Waals surface area contributed by atoms with Gasteiger partial charge in [0, 0.05) is 12.5 Å². The molecule has 0 unspecified atom stereocenters. The maximum atomic E-state index is 12.6. The van der Waals surface area contributed by atoms with Crippen molar-refractivity contribution in [2.24, 2.45) is 29.4 Å². The number of ketones is 2. The molecule has 0 saturated carbocycles. The van der Waals surface area contributed by atoms with Crippen LogP contribution in [0.5, 0.6) is 0 Å². The molecule has 6 atom stereocenters. The molecule has 16 heteroatoms. The van der Waals surface area contributed by atoms with Crippen LogP contribution in [0.15, 0.2) is 60.7 Å². The van der Waals surface area contributed by atoms with Crippen LogP contribution in [-0.4, -0.2) is 66.4 Å². The molecule has 0 aromatic heterocycles. The van der Waals surface area contributed by atoms with Crippen LogP contribution in [0.3, 0.4) is 0 Å². The minimum absolute atomic E-state index is 0.00791. The second kappa shape index (κ2) is 28.0. The molecule has 0 aliphatic carbocycles. The number of nitrogens with two attached hydrogens (primary N) is 1. The van der Waals surface area contributed by atoms with Crippen molar-refractivity contribution in [2.75, 3.05) is 19.8 Å². The SMILES string of the molecule is CC(C)C[C@H](NC(=O)[C@@H](C)Cc1ccccc1)C(=O)[C@@]1(C)CO1.CC(C)C[C@H](NC(=O)[C@@H](CN)Cc1ccccc1)C(=O)[C@@]1(C)CO1.[I][V]([I])[I].[I][V][I]. The van der Waals surface area contributed by atoms with Crippen LogP contribution in [0, 0.1) is 23.7 Å². The second-order valence-corrected chi connectivity index (χ2v) is 61.8. The summed E-state index contributed by atoms with van der Waals surface area (Å²) in [5.74, 6) is -0.174. The monoisotopic (exact) mass is 1390 g/mol. The molecule has 2 fully saturated rings. The normalized spacial score (nSPS) is 20.3. The fraction of sp³-hybridized carbons (Fsp3) is 0.579. The average Bonchev–Trinajstić information content (AvgIpc) is 4.05. The fourth-order valence-electron chi connectivity index (χ4n) is 5.49. The van der Waals surface area contributed by atoms with Crippen molar-refractivity contribution in [3.8, 4) is 0 Å². The number of carbonyl (C=O) groups is 4. The van der Waals surface area contributed by atoms with Gasteiger partial charge in [-0.05, 0) is 62.5 Å². The van der Waals surface area contributed by atoms with Crippen LogP contribution in [0.25, 0.3) is 0 Å². The number of hydrogen-bond acceptors (Lipinski definition) is 7. The van der Waals surface area contributed by atoms with Gasteiger partial charge in [-0.25, -0.2) is 0 Å². The standard InChI is InChI=1S/C19H28N2O3.C19H27NO3.5HI.2V/c1-13(2)9-16(17(22)19(3)12-24-19)21-18(23)15(11-20)10-14-7-5-4-6-8-14;1-13(2)10-16(17(21)19(4)12-23-19)20-18(22)14(3)11-15-8-6-5-7-9-15;;;;;;;/h4-8,13,15-16H,9-12,20H2,1-3H3,(H,21,23);5-9,13-14,16H,10-12H2,1-4H3,(H,20,22);5*1H;;/q;;;;;;;+2;+3/p-5/t15-,16+,19-;14-,16-,19+;;;;;;;/m10......./s1. The summed E-state index contributed by atoms with van der Waals surface area (Å²) in [4.78, 5) is 50.0. The molecule has 0 bridgehead atoms. The van der Waals surface area contributed by atoms with Crippen molar-refractivity contribution in [1.29, 1.82) is 0 Å². The molecule has 2 aliphatic heterocycles. The van der Waals surface area contributed by atoms with E-state index in [1.807, 2.05) is 81.4 Å². The number of amides is 2. The molecule has 2 saturated heterocycles. The first-order chi connectivity index (χ1) is 25.3. The second-order valence-electron chi connectivity index (χ2n) is 14.6. The molecule has 2 aliphatic rings. The third-order valence-electron chi connectivity index (χ3n) is 8.69. The van der Waals surface area contributed by atoms with Crippen LogP contribution in [-0.2, 0) is 55.9 Å². The number of epoxide rings is 2. The van der Waals surface area contributed by atoms with E-state index in [0.29, 0.717) is 60.2 Å². The zero-order valence-corrected chi connectivity index (χ0v) is 45.6. The first-order valence-corrected chi connectivity index (χ1v) is 40.3. The first-order valence-electron chi connectivity index (χ1n) is 17.8. The Morgan fingerprint density at radius 1 is 0.722 bits per heavy atom. The zero-order chi connectivity index (χ0) is 41.1. The van der Waals surface area contributed by atoms with Gasteiger partial charge >= 0.3 is 114 Å². The molecule has 0 radical (unpaired) electrons. The van der Waals surface area contributed by atoms with Crippen LogP contribution in [0.1, 0.15) is 72.4 Å². The number of carbonyl (C=O) groups excluding carboxylic acids is 4. The molecule has 4 N–H and O–H groups in total. The van der Waals surface area contributed by atoms with Crippen LogP contribution in [0.4, 0.5) is 0 Å². The number of nitrogens with one attached hydrogen (secondary N) is 2. The summed E-state index contributed by atoms with van der Waals surface area (Å²) in [5, 5.41) is 5.86. The van der Waals surface area contributed by atoms with E-state index in [1.165, 1.54) is 0 Å². The number of rotatable bonds is 17. The molecule has 9 nitrogen and oxygen atoms in total. The van der Waals surface area contributed by atoms with Gasteiger partial charge in [-0.1, -0.05) is 95.3 Å². The summed E-state index contributed by atoms with van der Waals surface area (Å²) in [6, 6.07) is 18.7. The molecule has 2 aromatic rings. The van der Waals surface area contributed by atoms with Crippen LogP contribution < -0.4 is 16.4 Å². The van der Waals surface area contributed by atoms with E-state index in [-0.39, 0.29) is 46.7 Å². The van der Waals surface area contributed by atoms with Gasteiger partial charge in [-0.3, -0.25) is 19.2 Å². The van der Waals surface area contributed by atoms with E-state index in [1.54, 1.807) is 13.8 Å². The average molecular weight is 1390 g/mol. The number of hydrogen-bond donors (Lipinski definition) is 3. The van der Waals surface area contributed by atoms with Crippen molar-refractivity contribution in [2.45, 2.75) is 97.4 Å². The van der Waals surface area contributed by atoms with Crippen molar-refractivity contribution >= 4 is 123 Å². The summed E-state index contributed by atoms with van der Waals surface area (Å²) in [6.07, 6.45) is 2.48. The van der Waals surface area contributed by atoms with E-state index < -0.39 is 23.3 Å². The molecule has 54 heavy (non-hydrogen) atoms. The van der Waals surface area contributed by atoms with Crippen LogP contribution >= 0.6 is 99.9 Å². The van der Waals surface area contributed by atoms with E-state index in [4.69, 9.17) is 15.2 Å². The van der Waals surface area contributed by atoms with Crippen molar-refractivity contribution in [1.82, 2.24) is 10.6 Å². The molecule has 2 aromatic carbocycles. The fourth-order valence-corrected chi connectivity index (χ4v) is 5.49. The third-order valence-corrected chi connectivity index (χ3v) is 8.69. The summed E-state index contributed by atoms with van der Waals surface area (Å²) in [5.41, 5.74) is 6.56. The summed E-state index contributed by atoms with van der Waals surface area (Å²) in [6.45, 7) is 14.8. The molecule has 4 rings (SSSR count). The van der Waals surface area contributed by atoms with Gasteiger partial charge in [-0.15, -0.1) is 0 Å². The van der Waals surface area contributed by atoms with Gasteiger partial charge in [-0.2, -0.15) is 0 Å². The minimum atomic E-state index is -0.732. The summed E-state index contributed by atoms with van der Waals surface area (Å²) in [7, 11) is 0.628. The first kappa shape index (κ1) is 53.4. The Morgan fingerprint density at radius 3 is 1.37 bits per heavy atom. The molecular formula is C38H55I5N3O6V2. The predicted molar refractivity (Wildman–Crippen MR) is 254 cm³/mol. The topological polar surface area (TPSA) is 143 Å². The summed E-state index contributed by atoms with van der Waals surface area (Å²) >= 11 is 12.1. The Hall–Kier alpha value is 1.42. The summed E-state index contributed by atoms with van der Waals surface area (Å²) < 4.78 is 10.5. The van der Waals surface area contributed by atoms with Gasteiger partial charge in [0.1, 0.15) is 11.2 Å². The maximum absolute atomic E-state index is 12.6. The molecular weight excluding hydrogens is 1330 g/mol. The van der Waals surface area contributed by atoms with Crippen molar-refractivity contribution in [3.05, 3.63) is 71.8 Å². The Kier molecular flexibility index (Phi) is 27.7. The van der Waals surface area contributed by atoms with Gasteiger partial charge in [0.05, 0.1) is 31.2 Å². The van der Waals surface area contributed by atoms with E-state index in [9.17, 15) is 19.2 Å².